The van der Waals surface area contributed by atoms with Gasteiger partial charge in [0.15, 0.2) is 12.4 Å². The average Bonchev–Trinajstić information content (AvgIpc) is 2.72. The van der Waals surface area contributed by atoms with E-state index in [1.54, 1.807) is 18.0 Å². The van der Waals surface area contributed by atoms with Gasteiger partial charge in [-0.3, -0.25) is 0 Å². The minimum Gasteiger partial charge on any atom is -0.482 e. The zero-order chi connectivity index (χ0) is 19.1. The molecule has 0 unspecified atom stereocenters. The van der Waals surface area contributed by atoms with Crippen LogP contribution in [0.15, 0.2) is 65.7 Å². The van der Waals surface area contributed by atoms with Crippen LogP contribution in [0.4, 0.5) is 0 Å². The Hall–Kier alpha value is -2.86. The van der Waals surface area contributed by atoms with Gasteiger partial charge < -0.3 is 9.47 Å². The van der Waals surface area contributed by atoms with Crippen molar-refractivity contribution < 1.29 is 14.3 Å². The van der Waals surface area contributed by atoms with Gasteiger partial charge in [-0.2, -0.15) is 0 Å². The number of thioether (sulfide) groups is 1. The number of esters is 1. The number of hydrogen-bond acceptors (Lipinski definition) is 6. The largest absolute Gasteiger partial charge is 0.482 e. The molecule has 1 aromatic heterocycles. The summed E-state index contributed by atoms with van der Waals surface area (Å²) in [5.41, 5.74) is 2.95. The second-order valence-electron chi connectivity index (χ2n) is 5.82. The number of ether oxygens (including phenoxy) is 2. The van der Waals surface area contributed by atoms with Crippen molar-refractivity contribution in [3.8, 4) is 17.1 Å². The minimum atomic E-state index is -0.397. The number of nitrogens with zero attached hydrogens (tertiary/aromatic N) is 2. The van der Waals surface area contributed by atoms with Gasteiger partial charge in [0.1, 0.15) is 5.75 Å². The first kappa shape index (κ1) is 18.9. The van der Waals surface area contributed by atoms with E-state index in [2.05, 4.69) is 14.7 Å². The average molecular weight is 380 g/mol. The molecule has 0 bridgehead atoms. The summed E-state index contributed by atoms with van der Waals surface area (Å²) in [6, 6.07) is 17.8. The first-order valence-electron chi connectivity index (χ1n) is 8.46. The summed E-state index contributed by atoms with van der Waals surface area (Å²) >= 11 is 1.69. The number of hydrogen-bond donors (Lipinski definition) is 0. The second kappa shape index (κ2) is 9.19. The predicted octanol–water partition coefficient (Wildman–Crippen LogP) is 4.30. The van der Waals surface area contributed by atoms with E-state index in [1.807, 2.05) is 61.5 Å². The van der Waals surface area contributed by atoms with E-state index in [4.69, 9.17) is 4.74 Å². The number of aromatic nitrogens is 2. The summed E-state index contributed by atoms with van der Waals surface area (Å²) in [4.78, 5) is 21.3. The van der Waals surface area contributed by atoms with E-state index < -0.39 is 5.97 Å². The maximum atomic E-state index is 11.2. The molecule has 3 rings (SSSR count). The molecule has 0 fully saturated rings. The van der Waals surface area contributed by atoms with Crippen LogP contribution in [0.1, 0.15) is 11.3 Å². The molecule has 1 heterocycles. The van der Waals surface area contributed by atoms with Gasteiger partial charge in [-0.15, -0.1) is 11.8 Å². The Kier molecular flexibility index (Phi) is 6.44. The lowest BCUT2D eigenvalue weighted by Gasteiger charge is -2.10. The molecule has 0 N–H and O–H groups in total. The molecule has 0 amide bonds. The first-order chi connectivity index (χ1) is 13.2. The normalized spacial score (nSPS) is 10.4. The number of methoxy groups -OCH3 is 1. The molecule has 3 aromatic rings. The predicted molar refractivity (Wildman–Crippen MR) is 106 cm³/mol. The first-order valence-corrected chi connectivity index (χ1v) is 9.44. The molecule has 2 aromatic carbocycles. The van der Waals surface area contributed by atoms with Crippen molar-refractivity contribution in [1.82, 2.24) is 9.97 Å². The molecule has 5 nitrogen and oxygen atoms in total. The fourth-order valence-corrected chi connectivity index (χ4v) is 3.33. The fourth-order valence-electron chi connectivity index (χ4n) is 2.43. The van der Waals surface area contributed by atoms with E-state index >= 15 is 0 Å². The Labute approximate surface area is 162 Å². The number of aryl methyl sites for hydroxylation is 1. The van der Waals surface area contributed by atoms with Crippen molar-refractivity contribution >= 4 is 17.7 Å². The van der Waals surface area contributed by atoms with Crippen LogP contribution in [0, 0.1) is 6.92 Å². The highest BCUT2D eigenvalue weighted by Gasteiger charge is 2.07. The molecule has 0 saturated heterocycles. The van der Waals surface area contributed by atoms with Gasteiger partial charge in [-0.25, -0.2) is 14.8 Å². The molecular weight excluding hydrogens is 360 g/mol. The second-order valence-corrected chi connectivity index (χ2v) is 6.87. The Morgan fingerprint density at radius 3 is 2.67 bits per heavy atom. The Balaban J connectivity index is 1.63. The van der Waals surface area contributed by atoms with Crippen LogP contribution in [0.3, 0.4) is 0 Å². The third-order valence-electron chi connectivity index (χ3n) is 3.85. The number of carbonyl (C=O) groups excluding carboxylic acids is 1. The smallest absolute Gasteiger partial charge is 0.343 e. The van der Waals surface area contributed by atoms with Crippen LogP contribution in [0.25, 0.3) is 11.4 Å². The summed E-state index contributed by atoms with van der Waals surface area (Å²) < 4.78 is 10.1. The van der Waals surface area contributed by atoms with Gasteiger partial charge in [-0.1, -0.05) is 30.3 Å². The summed E-state index contributed by atoms with van der Waals surface area (Å²) in [5.74, 6) is 1.75. The van der Waals surface area contributed by atoms with Gasteiger partial charge in [0.2, 0.25) is 0 Å². The molecule has 138 valence electrons. The monoisotopic (exact) mass is 380 g/mol. The van der Waals surface area contributed by atoms with Gasteiger partial charge in [0, 0.05) is 22.4 Å². The standard InChI is InChI=1S/C21H20N2O3S/c1-15-12-18(8-9-19(15)26-13-20(24)25-2)27-14-17-10-11-22-21(23-17)16-6-4-3-5-7-16/h3-12H,13-14H2,1-2H3. The van der Waals surface area contributed by atoms with E-state index in [1.165, 1.54) is 7.11 Å². The van der Waals surface area contributed by atoms with Gasteiger partial charge in [-0.05, 0) is 36.8 Å². The maximum absolute atomic E-state index is 11.2. The summed E-state index contributed by atoms with van der Waals surface area (Å²) in [7, 11) is 1.34. The van der Waals surface area contributed by atoms with Crippen LogP contribution < -0.4 is 4.74 Å². The molecule has 6 heteroatoms. The molecule has 0 atom stereocenters. The molecule has 0 aliphatic rings. The quantitative estimate of drug-likeness (QED) is 0.450. The molecule has 0 radical (unpaired) electrons. The topological polar surface area (TPSA) is 61.3 Å². The van der Waals surface area contributed by atoms with Crippen LogP contribution in [-0.2, 0) is 15.3 Å². The highest BCUT2D eigenvalue weighted by atomic mass is 32.2. The zero-order valence-corrected chi connectivity index (χ0v) is 16.0. The summed E-state index contributed by atoms with van der Waals surface area (Å²) in [6.45, 7) is 1.86. The van der Waals surface area contributed by atoms with Crippen molar-refractivity contribution in [3.63, 3.8) is 0 Å². The lowest BCUT2D eigenvalue weighted by atomic mass is 10.2. The number of carbonyl (C=O) groups is 1. The van der Waals surface area contributed by atoms with Crippen molar-refractivity contribution in [2.75, 3.05) is 13.7 Å². The number of rotatable bonds is 7. The lowest BCUT2D eigenvalue weighted by molar-refractivity contribution is -0.142. The third-order valence-corrected chi connectivity index (χ3v) is 4.88. The van der Waals surface area contributed by atoms with Gasteiger partial charge in [0.25, 0.3) is 0 Å². The molecule has 0 spiro atoms. The molecule has 0 aliphatic heterocycles. The highest BCUT2D eigenvalue weighted by Crippen LogP contribution is 2.28. The molecule has 0 saturated carbocycles. The van der Waals surface area contributed by atoms with E-state index in [9.17, 15) is 4.79 Å². The lowest BCUT2D eigenvalue weighted by Crippen LogP contribution is -2.12. The van der Waals surface area contributed by atoms with E-state index in [0.29, 0.717) is 5.75 Å². The van der Waals surface area contributed by atoms with Crippen LogP contribution in [0.2, 0.25) is 0 Å². The van der Waals surface area contributed by atoms with Crippen LogP contribution in [0.5, 0.6) is 5.75 Å². The fraction of sp³-hybridized carbons (Fsp3) is 0.190. The Morgan fingerprint density at radius 1 is 1.11 bits per heavy atom. The number of benzene rings is 2. The molecule has 0 aliphatic carbocycles. The highest BCUT2D eigenvalue weighted by molar-refractivity contribution is 7.98. The van der Waals surface area contributed by atoms with E-state index in [-0.39, 0.29) is 6.61 Å². The van der Waals surface area contributed by atoms with Crippen LogP contribution in [-0.4, -0.2) is 29.7 Å². The molecule has 27 heavy (non-hydrogen) atoms. The van der Waals surface area contributed by atoms with E-state index in [0.717, 1.165) is 33.3 Å². The van der Waals surface area contributed by atoms with Crippen molar-refractivity contribution in [1.29, 1.82) is 0 Å². The van der Waals surface area contributed by atoms with Crippen LogP contribution >= 0.6 is 11.8 Å². The Bertz CT molecular complexity index is 916. The van der Waals surface area contributed by atoms with Gasteiger partial charge >= 0.3 is 5.97 Å². The molecular formula is C21H20N2O3S. The Morgan fingerprint density at radius 2 is 1.93 bits per heavy atom. The summed E-state index contributed by atoms with van der Waals surface area (Å²) in [6.07, 6.45) is 1.79. The third kappa shape index (κ3) is 5.31. The zero-order valence-electron chi connectivity index (χ0n) is 15.2. The van der Waals surface area contributed by atoms with Crippen molar-refractivity contribution in [2.45, 2.75) is 17.6 Å². The maximum Gasteiger partial charge on any atom is 0.343 e. The van der Waals surface area contributed by atoms with Crippen molar-refractivity contribution in [2.24, 2.45) is 0 Å². The summed E-state index contributed by atoms with van der Waals surface area (Å²) in [5, 5.41) is 0. The minimum absolute atomic E-state index is 0.0903. The van der Waals surface area contributed by atoms with Crippen molar-refractivity contribution in [3.05, 3.63) is 72.1 Å². The SMILES string of the molecule is COC(=O)COc1ccc(SCc2ccnc(-c3ccccc3)n2)cc1C. The van der Waals surface area contributed by atoms with Gasteiger partial charge in [0.05, 0.1) is 12.8 Å².